The third kappa shape index (κ3) is 8.17. The number of halogens is 1. The molecule has 2 aliphatic rings. The molecule has 1 heterocycles. The summed E-state index contributed by atoms with van der Waals surface area (Å²) < 4.78 is 0. The Kier molecular flexibility index (Phi) is 10.2. The number of hydrogen-bond acceptors (Lipinski definition) is 5. The molecule has 8 heteroatoms. The third-order valence-electron chi connectivity index (χ3n) is 7.61. The van der Waals surface area contributed by atoms with Crippen molar-refractivity contribution in [2.45, 2.75) is 96.7 Å². The Morgan fingerprint density at radius 1 is 1.11 bits per heavy atom. The quantitative estimate of drug-likeness (QED) is 0.398. The van der Waals surface area contributed by atoms with Gasteiger partial charge < -0.3 is 16.4 Å². The fraction of sp³-hybridized carbons (Fsp3) is 0.714. The minimum Gasteiger partial charge on any atom is -0.351 e. The second-order valence-electron chi connectivity index (χ2n) is 11.9. The molecule has 2 fully saturated rings. The average molecular weight is 520 g/mol. The van der Waals surface area contributed by atoms with Crippen molar-refractivity contribution in [3.05, 3.63) is 34.9 Å². The molecule has 1 aromatic rings. The van der Waals surface area contributed by atoms with Crippen LogP contribution in [0.5, 0.6) is 0 Å². The van der Waals surface area contributed by atoms with Gasteiger partial charge in [-0.1, -0.05) is 43.0 Å². The predicted molar refractivity (Wildman–Crippen MR) is 146 cm³/mol. The number of piperidine rings is 1. The molecular formula is C28H46ClN5O2. The monoisotopic (exact) mass is 519 g/mol. The van der Waals surface area contributed by atoms with Crippen LogP contribution < -0.4 is 21.8 Å². The Balaban J connectivity index is 1.66. The van der Waals surface area contributed by atoms with Crippen LogP contribution in [0.15, 0.2) is 24.3 Å². The van der Waals surface area contributed by atoms with E-state index in [9.17, 15) is 9.59 Å². The van der Waals surface area contributed by atoms with Crippen LogP contribution in [0.4, 0.5) is 0 Å². The number of carbonyl (C=O) groups excluding carboxylic acids is 2. The molecule has 0 spiro atoms. The predicted octanol–water partition coefficient (Wildman–Crippen LogP) is 3.80. The van der Waals surface area contributed by atoms with E-state index in [1.165, 1.54) is 19.3 Å². The maximum atomic E-state index is 13.6. The van der Waals surface area contributed by atoms with Gasteiger partial charge in [-0.15, -0.1) is 0 Å². The van der Waals surface area contributed by atoms with Crippen molar-refractivity contribution in [3.8, 4) is 0 Å². The summed E-state index contributed by atoms with van der Waals surface area (Å²) in [7, 11) is 0. The number of hydrazine groups is 1. The lowest BCUT2D eigenvalue weighted by Crippen LogP contribution is -2.60. The normalized spacial score (nSPS) is 20.9. The second-order valence-corrected chi connectivity index (χ2v) is 12.4. The van der Waals surface area contributed by atoms with Gasteiger partial charge in [0.25, 0.3) is 5.91 Å². The minimum absolute atomic E-state index is 0.0575. The molecule has 36 heavy (non-hydrogen) atoms. The van der Waals surface area contributed by atoms with E-state index in [4.69, 9.17) is 17.3 Å². The lowest BCUT2D eigenvalue weighted by molar-refractivity contribution is -0.143. The molecule has 1 aliphatic carbocycles. The second kappa shape index (κ2) is 12.7. The smallest absolute Gasteiger partial charge is 0.251 e. The Morgan fingerprint density at radius 2 is 1.72 bits per heavy atom. The highest BCUT2D eigenvalue weighted by atomic mass is 35.5. The van der Waals surface area contributed by atoms with Crippen molar-refractivity contribution >= 4 is 23.4 Å². The molecule has 3 rings (SSSR count). The van der Waals surface area contributed by atoms with E-state index < -0.39 is 6.04 Å². The first-order valence-electron chi connectivity index (χ1n) is 13.6. The lowest BCUT2D eigenvalue weighted by atomic mass is 9.63. The fourth-order valence-corrected chi connectivity index (χ4v) is 5.76. The maximum Gasteiger partial charge on any atom is 0.251 e. The third-order valence-corrected chi connectivity index (χ3v) is 7.86. The van der Waals surface area contributed by atoms with Crippen molar-refractivity contribution in [1.82, 2.24) is 21.1 Å². The molecule has 5 N–H and O–H groups in total. The lowest BCUT2D eigenvalue weighted by Gasteiger charge is -2.47. The van der Waals surface area contributed by atoms with Crippen molar-refractivity contribution < 1.29 is 9.59 Å². The zero-order chi connectivity index (χ0) is 26.3. The number of amides is 2. The van der Waals surface area contributed by atoms with Gasteiger partial charge in [-0.3, -0.25) is 15.0 Å². The molecule has 2 atom stereocenters. The molecule has 0 aromatic heterocycles. The molecule has 1 saturated heterocycles. The van der Waals surface area contributed by atoms with Crippen molar-refractivity contribution in [3.63, 3.8) is 0 Å². The van der Waals surface area contributed by atoms with E-state index in [-0.39, 0.29) is 28.8 Å². The maximum absolute atomic E-state index is 13.6. The molecule has 1 aliphatic heterocycles. The van der Waals surface area contributed by atoms with Gasteiger partial charge in [0.1, 0.15) is 0 Å². The topological polar surface area (TPSA) is 99.5 Å². The van der Waals surface area contributed by atoms with Gasteiger partial charge in [-0.2, -0.15) is 0 Å². The molecule has 202 valence electrons. The Hall–Kier alpha value is -1.67. The summed E-state index contributed by atoms with van der Waals surface area (Å²) in [6.07, 6.45) is 7.97. The number of nitrogens with two attached hydrogens (primary N) is 1. The standard InChI is InChI=1S/C28H46ClN5O2/c1-20(30)19-31-24(18-21-10-12-23(29)13-11-21)25(35)33-34-16-14-28(15-17-34,22-8-6-5-7-9-22)26(36)32-27(2,3)4/h10-13,20,22,24,31H,5-9,14-19,30H2,1-4H3,(H,32,36)(H,33,35)/t20?,24-/m1/s1. The van der Waals surface area contributed by atoms with Crippen LogP contribution in [0.25, 0.3) is 0 Å². The largest absolute Gasteiger partial charge is 0.351 e. The summed E-state index contributed by atoms with van der Waals surface area (Å²) in [4.78, 5) is 26.9. The van der Waals surface area contributed by atoms with Crippen molar-refractivity contribution in [2.75, 3.05) is 19.6 Å². The first-order valence-corrected chi connectivity index (χ1v) is 14.0. The van der Waals surface area contributed by atoms with Crippen LogP contribution in [0.2, 0.25) is 5.02 Å². The Bertz CT molecular complexity index is 854. The molecule has 0 radical (unpaired) electrons. The van der Waals surface area contributed by atoms with Crippen LogP contribution in [-0.4, -0.2) is 54.1 Å². The summed E-state index contributed by atoms with van der Waals surface area (Å²) >= 11 is 6.03. The molecule has 0 bridgehead atoms. The first-order chi connectivity index (χ1) is 17.0. The Morgan fingerprint density at radius 3 is 2.28 bits per heavy atom. The summed E-state index contributed by atoms with van der Waals surface area (Å²) in [6.45, 7) is 9.94. The molecule has 2 amide bonds. The summed E-state index contributed by atoms with van der Waals surface area (Å²) in [5, 5.41) is 9.28. The number of nitrogens with one attached hydrogen (secondary N) is 3. The van der Waals surface area contributed by atoms with Crippen LogP contribution >= 0.6 is 11.6 Å². The van der Waals surface area contributed by atoms with Crippen molar-refractivity contribution in [2.24, 2.45) is 17.1 Å². The summed E-state index contributed by atoms with van der Waals surface area (Å²) in [5.41, 5.74) is 9.50. The van der Waals surface area contributed by atoms with Gasteiger partial charge in [-0.05, 0) is 83.4 Å². The van der Waals surface area contributed by atoms with E-state index in [2.05, 4.69) is 16.1 Å². The first kappa shape index (κ1) is 28.9. The van der Waals surface area contributed by atoms with Gasteiger partial charge in [0.05, 0.1) is 11.5 Å². The van der Waals surface area contributed by atoms with Gasteiger partial charge in [0.2, 0.25) is 5.91 Å². The number of carbonyl (C=O) groups is 2. The summed E-state index contributed by atoms with van der Waals surface area (Å²) in [6, 6.07) is 7.11. The molecule has 1 saturated carbocycles. The SMILES string of the molecule is CC(N)CN[C@H](Cc1ccc(Cl)cc1)C(=O)NN1CCC(C(=O)NC(C)(C)C)(C2CCCCC2)CC1. The van der Waals surface area contributed by atoms with E-state index in [1.807, 2.05) is 57.0 Å². The zero-order valence-corrected chi connectivity index (χ0v) is 23.3. The van der Waals surface area contributed by atoms with Crippen LogP contribution in [0.1, 0.15) is 78.2 Å². The Labute approximate surface area is 222 Å². The highest BCUT2D eigenvalue weighted by molar-refractivity contribution is 6.30. The van der Waals surface area contributed by atoms with Gasteiger partial charge in [-0.25, -0.2) is 5.01 Å². The van der Waals surface area contributed by atoms with Gasteiger partial charge >= 0.3 is 0 Å². The number of rotatable bonds is 9. The fourth-order valence-electron chi connectivity index (χ4n) is 5.63. The van der Waals surface area contributed by atoms with Crippen LogP contribution in [0, 0.1) is 11.3 Å². The van der Waals surface area contributed by atoms with Crippen LogP contribution in [-0.2, 0) is 16.0 Å². The zero-order valence-electron chi connectivity index (χ0n) is 22.5. The molecule has 7 nitrogen and oxygen atoms in total. The minimum atomic E-state index is -0.411. The van der Waals surface area contributed by atoms with Crippen molar-refractivity contribution in [1.29, 1.82) is 0 Å². The van der Waals surface area contributed by atoms with Gasteiger partial charge in [0.15, 0.2) is 0 Å². The van der Waals surface area contributed by atoms with Gasteiger partial charge in [0, 0.05) is 36.2 Å². The van der Waals surface area contributed by atoms with E-state index >= 15 is 0 Å². The number of hydrogen-bond donors (Lipinski definition) is 4. The van der Waals surface area contributed by atoms with E-state index in [0.29, 0.717) is 37.0 Å². The number of benzene rings is 1. The number of nitrogens with zero attached hydrogens (tertiary/aromatic N) is 1. The molecular weight excluding hydrogens is 474 g/mol. The summed E-state index contributed by atoms with van der Waals surface area (Å²) in [5.74, 6) is 0.527. The molecule has 1 unspecified atom stereocenters. The highest BCUT2D eigenvalue weighted by Crippen LogP contribution is 2.46. The van der Waals surface area contributed by atoms with E-state index in [0.717, 1.165) is 31.2 Å². The average Bonchev–Trinajstić information content (AvgIpc) is 2.82. The van der Waals surface area contributed by atoms with E-state index in [1.54, 1.807) is 0 Å². The highest BCUT2D eigenvalue weighted by Gasteiger charge is 2.48. The van der Waals surface area contributed by atoms with Crippen LogP contribution in [0.3, 0.4) is 0 Å². The molecule has 1 aromatic carbocycles.